The first-order valence-electron chi connectivity index (χ1n) is 5.45. The molecule has 0 bridgehead atoms. The smallest absolute Gasteiger partial charge is 0.145 e. The summed E-state index contributed by atoms with van der Waals surface area (Å²) in [6.07, 6.45) is 0.560. The number of benzene rings is 1. The lowest BCUT2D eigenvalue weighted by Gasteiger charge is -2.18. The van der Waals surface area contributed by atoms with E-state index in [1.165, 1.54) is 12.1 Å². The zero-order valence-electron chi connectivity index (χ0n) is 9.71. The molecule has 0 saturated heterocycles. The van der Waals surface area contributed by atoms with E-state index in [4.69, 9.17) is 0 Å². The zero-order valence-corrected chi connectivity index (χ0v) is 12.1. The van der Waals surface area contributed by atoms with Crippen LogP contribution in [0.4, 0.5) is 8.78 Å². The predicted molar refractivity (Wildman–Crippen MR) is 73.9 cm³/mol. The molecule has 1 nitrogen and oxygen atoms in total. The fourth-order valence-electron chi connectivity index (χ4n) is 1.86. The highest BCUT2D eigenvalue weighted by Crippen LogP contribution is 2.29. The van der Waals surface area contributed by atoms with Crippen molar-refractivity contribution in [1.82, 2.24) is 5.32 Å². The molecule has 1 atom stereocenters. The van der Waals surface area contributed by atoms with Crippen molar-refractivity contribution >= 4 is 27.3 Å². The summed E-state index contributed by atoms with van der Waals surface area (Å²) in [5.41, 5.74) is 1.15. The van der Waals surface area contributed by atoms with Crippen molar-refractivity contribution in [2.75, 3.05) is 7.05 Å². The predicted octanol–water partition coefficient (Wildman–Crippen LogP) is 4.29. The van der Waals surface area contributed by atoms with Gasteiger partial charge in [0.1, 0.15) is 11.6 Å². The molecule has 1 unspecified atom stereocenters. The fraction of sp³-hybridized carbons (Fsp3) is 0.231. The number of hydrogen-bond acceptors (Lipinski definition) is 2. The first-order chi connectivity index (χ1) is 8.63. The molecule has 96 valence electrons. The summed E-state index contributed by atoms with van der Waals surface area (Å²) < 4.78 is 28.1. The molecule has 1 aromatic heterocycles. The van der Waals surface area contributed by atoms with Crippen molar-refractivity contribution in [1.29, 1.82) is 0 Å². The van der Waals surface area contributed by atoms with E-state index in [0.29, 0.717) is 6.42 Å². The average molecular weight is 332 g/mol. The lowest BCUT2D eigenvalue weighted by molar-refractivity contribution is 0.487. The summed E-state index contributed by atoms with van der Waals surface area (Å²) in [5.74, 6) is -1.06. The first kappa shape index (κ1) is 13.6. The lowest BCUT2D eigenvalue weighted by atomic mass is 9.99. The van der Waals surface area contributed by atoms with E-state index in [9.17, 15) is 8.78 Å². The van der Waals surface area contributed by atoms with Gasteiger partial charge in [-0.15, -0.1) is 0 Å². The second-order valence-corrected chi connectivity index (χ2v) is 5.57. The largest absolute Gasteiger partial charge is 0.313 e. The molecule has 0 fully saturated rings. The second kappa shape index (κ2) is 5.91. The van der Waals surface area contributed by atoms with Crippen LogP contribution in [0.2, 0.25) is 0 Å². The van der Waals surface area contributed by atoms with Crippen molar-refractivity contribution in [3.63, 3.8) is 0 Å². The molecule has 0 aliphatic carbocycles. The Balaban J connectivity index is 2.35. The Labute approximate surface area is 117 Å². The van der Waals surface area contributed by atoms with E-state index >= 15 is 0 Å². The Morgan fingerprint density at radius 2 is 2.11 bits per heavy atom. The topological polar surface area (TPSA) is 12.0 Å². The maximum atomic E-state index is 14.0. The number of rotatable bonds is 4. The van der Waals surface area contributed by atoms with Gasteiger partial charge >= 0.3 is 0 Å². The third-order valence-electron chi connectivity index (χ3n) is 2.80. The Bertz CT molecular complexity index is 528. The monoisotopic (exact) mass is 331 g/mol. The second-order valence-electron chi connectivity index (χ2n) is 3.93. The fourth-order valence-corrected chi connectivity index (χ4v) is 2.88. The molecule has 1 aromatic carbocycles. The van der Waals surface area contributed by atoms with Gasteiger partial charge < -0.3 is 5.32 Å². The standard InChI is InChI=1S/C13H12BrF2NS/c1-17-11(6-8-4-5-18-7-8)12-10(15)3-2-9(14)13(12)16/h2-5,7,11,17H,6H2,1H3. The summed E-state index contributed by atoms with van der Waals surface area (Å²) in [4.78, 5) is 0. The normalized spacial score (nSPS) is 12.7. The summed E-state index contributed by atoms with van der Waals surface area (Å²) in [7, 11) is 1.71. The van der Waals surface area contributed by atoms with Gasteiger partial charge in [0.15, 0.2) is 0 Å². The molecule has 0 saturated carbocycles. The van der Waals surface area contributed by atoms with E-state index in [-0.39, 0.29) is 16.1 Å². The van der Waals surface area contributed by atoms with Gasteiger partial charge in [-0.1, -0.05) is 0 Å². The molecule has 18 heavy (non-hydrogen) atoms. The molecule has 0 aliphatic rings. The third-order valence-corrected chi connectivity index (χ3v) is 4.14. The van der Waals surface area contributed by atoms with Crippen LogP contribution in [-0.4, -0.2) is 7.05 Å². The van der Waals surface area contributed by atoms with Gasteiger partial charge in [0.05, 0.1) is 4.47 Å². The highest BCUT2D eigenvalue weighted by Gasteiger charge is 2.21. The molecule has 1 N–H and O–H groups in total. The van der Waals surface area contributed by atoms with Crippen molar-refractivity contribution in [3.8, 4) is 0 Å². The van der Waals surface area contributed by atoms with Crippen LogP contribution >= 0.6 is 27.3 Å². The molecule has 0 radical (unpaired) electrons. The molecular weight excluding hydrogens is 320 g/mol. The Kier molecular flexibility index (Phi) is 4.48. The zero-order chi connectivity index (χ0) is 13.1. The molecule has 0 spiro atoms. The first-order valence-corrected chi connectivity index (χ1v) is 7.18. The number of thiophene rings is 1. The minimum absolute atomic E-state index is 0.0816. The third kappa shape index (κ3) is 2.79. The molecule has 2 aromatic rings. The van der Waals surface area contributed by atoms with Crippen LogP contribution in [0.15, 0.2) is 33.4 Å². The highest BCUT2D eigenvalue weighted by atomic mass is 79.9. The summed E-state index contributed by atoms with van der Waals surface area (Å²) >= 11 is 4.66. The number of likely N-dealkylation sites (N-methyl/N-ethyl adjacent to an activating group) is 1. The summed E-state index contributed by atoms with van der Waals surface area (Å²) in [5, 5.41) is 6.91. The van der Waals surface area contributed by atoms with Gasteiger partial charge in [0, 0.05) is 11.6 Å². The molecule has 2 rings (SSSR count). The molecule has 0 aliphatic heterocycles. The van der Waals surface area contributed by atoms with Crippen LogP contribution in [0, 0.1) is 11.6 Å². The Morgan fingerprint density at radius 3 is 2.72 bits per heavy atom. The number of hydrogen-bond donors (Lipinski definition) is 1. The van der Waals surface area contributed by atoms with Crippen molar-refractivity contribution < 1.29 is 8.78 Å². The van der Waals surface area contributed by atoms with E-state index in [1.807, 2.05) is 16.8 Å². The maximum Gasteiger partial charge on any atom is 0.145 e. The van der Waals surface area contributed by atoms with E-state index in [1.54, 1.807) is 18.4 Å². The van der Waals surface area contributed by atoms with Crippen LogP contribution in [0.25, 0.3) is 0 Å². The average Bonchev–Trinajstić information content (AvgIpc) is 2.86. The van der Waals surface area contributed by atoms with Crippen LogP contribution in [-0.2, 0) is 6.42 Å². The van der Waals surface area contributed by atoms with E-state index in [0.717, 1.165) is 5.56 Å². The number of halogens is 3. The van der Waals surface area contributed by atoms with Crippen molar-refractivity contribution in [2.24, 2.45) is 0 Å². The van der Waals surface area contributed by atoms with Gasteiger partial charge in [0.25, 0.3) is 0 Å². The van der Waals surface area contributed by atoms with Gasteiger partial charge in [0.2, 0.25) is 0 Å². The quantitative estimate of drug-likeness (QED) is 0.824. The van der Waals surface area contributed by atoms with Crippen LogP contribution in [0.5, 0.6) is 0 Å². The lowest BCUT2D eigenvalue weighted by Crippen LogP contribution is -2.21. The SMILES string of the molecule is CNC(Cc1ccsc1)c1c(F)ccc(Br)c1F. The maximum absolute atomic E-state index is 14.0. The van der Waals surface area contributed by atoms with Gasteiger partial charge in [-0.2, -0.15) is 11.3 Å². The Morgan fingerprint density at radius 1 is 1.33 bits per heavy atom. The van der Waals surface area contributed by atoms with Gasteiger partial charge in [-0.25, -0.2) is 8.78 Å². The molecule has 5 heteroatoms. The minimum atomic E-state index is -0.537. The molecule has 1 heterocycles. The van der Waals surface area contributed by atoms with E-state index < -0.39 is 11.6 Å². The Hall–Kier alpha value is -0.780. The van der Waals surface area contributed by atoms with Gasteiger partial charge in [-0.3, -0.25) is 0 Å². The molecular formula is C13H12BrF2NS. The molecule has 0 amide bonds. The minimum Gasteiger partial charge on any atom is -0.313 e. The van der Waals surface area contributed by atoms with Crippen molar-refractivity contribution in [2.45, 2.75) is 12.5 Å². The summed E-state index contributed by atoms with van der Waals surface area (Å²) in [6.45, 7) is 0. The van der Waals surface area contributed by atoms with Gasteiger partial charge in [-0.05, 0) is 63.9 Å². The van der Waals surface area contributed by atoms with Crippen LogP contribution < -0.4 is 5.32 Å². The van der Waals surface area contributed by atoms with Crippen LogP contribution in [0.3, 0.4) is 0 Å². The highest BCUT2D eigenvalue weighted by molar-refractivity contribution is 9.10. The van der Waals surface area contributed by atoms with Crippen LogP contribution in [0.1, 0.15) is 17.2 Å². The summed E-state index contributed by atoms with van der Waals surface area (Å²) in [6, 6.07) is 4.24. The van der Waals surface area contributed by atoms with Crippen molar-refractivity contribution in [3.05, 3.63) is 56.2 Å². The van der Waals surface area contributed by atoms with E-state index in [2.05, 4.69) is 21.2 Å². The number of nitrogens with one attached hydrogen (secondary N) is 1.